The van der Waals surface area contributed by atoms with Crippen LogP contribution in [0.15, 0.2) is 0 Å². The molecule has 0 aromatic rings. The smallest absolute Gasteiger partial charge is 0.310 e. The van der Waals surface area contributed by atoms with Gasteiger partial charge in [0.1, 0.15) is 0 Å². The monoisotopic (exact) mass is 443 g/mol. The van der Waals surface area contributed by atoms with E-state index in [2.05, 4.69) is 72.3 Å². The zero-order valence-corrected chi connectivity index (χ0v) is 23.1. The first-order valence-corrected chi connectivity index (χ1v) is 16.8. The average molecular weight is 444 g/mol. The standard InChI is InChI=1S/C22H45NO4Si2/c1-14-26-20(25)15(2)18-17(16(3)27-29(12,13)22(7,8)9)19(24)23(18)28(10,11)21(4,5)6/h15-18H,14H2,1-13H3/t15?,16-,17-,18-/m1/s1. The highest BCUT2D eigenvalue weighted by atomic mass is 28.4. The normalized spacial score (nSPS) is 23.5. The van der Waals surface area contributed by atoms with Gasteiger partial charge in [0.05, 0.1) is 30.6 Å². The Balaban J connectivity index is 3.29. The lowest BCUT2D eigenvalue weighted by Gasteiger charge is -2.61. The fraction of sp³-hybridized carbons (Fsp3) is 0.909. The Kier molecular flexibility index (Phi) is 7.69. The molecule has 1 unspecified atom stereocenters. The predicted octanol–water partition coefficient (Wildman–Crippen LogP) is 5.43. The number of hydrogen-bond donors (Lipinski definition) is 0. The third-order valence-corrected chi connectivity index (χ3v) is 17.6. The van der Waals surface area contributed by atoms with Gasteiger partial charge < -0.3 is 13.7 Å². The summed E-state index contributed by atoms with van der Waals surface area (Å²) in [5.74, 6) is -0.739. The van der Waals surface area contributed by atoms with Gasteiger partial charge in [-0.25, -0.2) is 0 Å². The van der Waals surface area contributed by atoms with Crippen LogP contribution < -0.4 is 0 Å². The minimum absolute atomic E-state index is 0.00376. The zero-order valence-electron chi connectivity index (χ0n) is 21.1. The highest BCUT2D eigenvalue weighted by molar-refractivity contribution is 6.80. The van der Waals surface area contributed by atoms with E-state index >= 15 is 0 Å². The van der Waals surface area contributed by atoms with Gasteiger partial charge in [-0.05, 0) is 43.9 Å². The summed E-state index contributed by atoms with van der Waals surface area (Å²) >= 11 is 0. The topological polar surface area (TPSA) is 55.8 Å². The third kappa shape index (κ3) is 4.98. The Morgan fingerprint density at radius 2 is 1.52 bits per heavy atom. The van der Waals surface area contributed by atoms with E-state index in [0.29, 0.717) is 6.61 Å². The first kappa shape index (κ1) is 26.4. The van der Waals surface area contributed by atoms with Crippen LogP contribution in [-0.4, -0.2) is 51.7 Å². The summed E-state index contributed by atoms with van der Waals surface area (Å²) < 4.78 is 14.0. The van der Waals surface area contributed by atoms with Crippen molar-refractivity contribution >= 4 is 28.4 Å². The number of carbonyl (C=O) groups is 2. The van der Waals surface area contributed by atoms with E-state index < -0.39 is 16.6 Å². The van der Waals surface area contributed by atoms with Crippen molar-refractivity contribution in [2.45, 2.75) is 111 Å². The van der Waals surface area contributed by atoms with Crippen LogP contribution in [0.3, 0.4) is 0 Å². The van der Waals surface area contributed by atoms with Gasteiger partial charge in [0.2, 0.25) is 5.91 Å². The Morgan fingerprint density at radius 1 is 1.03 bits per heavy atom. The molecule has 1 amide bonds. The van der Waals surface area contributed by atoms with Gasteiger partial charge in [-0.2, -0.15) is 0 Å². The van der Waals surface area contributed by atoms with E-state index in [4.69, 9.17) is 9.16 Å². The molecule has 1 heterocycles. The summed E-state index contributed by atoms with van der Waals surface area (Å²) in [5.41, 5.74) is 0. The summed E-state index contributed by atoms with van der Waals surface area (Å²) in [5, 5.41) is 0.0687. The molecule has 0 aromatic carbocycles. The van der Waals surface area contributed by atoms with E-state index in [1.54, 1.807) is 0 Å². The molecule has 0 aliphatic carbocycles. The Labute approximate surface area is 181 Å². The number of esters is 1. The first-order valence-electron chi connectivity index (χ1n) is 11.0. The quantitative estimate of drug-likeness (QED) is 0.299. The highest BCUT2D eigenvalue weighted by Crippen LogP contribution is 2.49. The predicted molar refractivity (Wildman–Crippen MR) is 125 cm³/mol. The number of β-lactam (4-membered cyclic amide) rings is 1. The van der Waals surface area contributed by atoms with E-state index in [9.17, 15) is 9.59 Å². The SMILES string of the molecule is CCOC(=O)C(C)[C@@H]1[C@@H]([C@@H](C)O[Si](C)(C)C(C)(C)C)C(=O)N1[Si](C)(C)C(C)(C)C. The molecule has 1 rings (SSSR count). The number of rotatable bonds is 7. The molecule has 7 heteroatoms. The molecule has 0 bridgehead atoms. The van der Waals surface area contributed by atoms with Crippen LogP contribution in [0.25, 0.3) is 0 Å². The van der Waals surface area contributed by atoms with Gasteiger partial charge in [-0.3, -0.25) is 9.59 Å². The van der Waals surface area contributed by atoms with Crippen molar-refractivity contribution in [3.63, 3.8) is 0 Å². The van der Waals surface area contributed by atoms with Crippen LogP contribution in [0.1, 0.15) is 62.3 Å². The maximum atomic E-state index is 13.5. The van der Waals surface area contributed by atoms with Crippen LogP contribution >= 0.6 is 0 Å². The van der Waals surface area contributed by atoms with E-state index in [0.717, 1.165) is 0 Å². The minimum Gasteiger partial charge on any atom is -0.466 e. The molecular formula is C22H45NO4Si2. The van der Waals surface area contributed by atoms with Crippen molar-refractivity contribution in [3.05, 3.63) is 0 Å². The summed E-state index contributed by atoms with van der Waals surface area (Å²) in [4.78, 5) is 26.1. The first-order chi connectivity index (χ1) is 12.8. The van der Waals surface area contributed by atoms with Crippen molar-refractivity contribution in [2.75, 3.05) is 6.61 Å². The Hall–Kier alpha value is -0.666. The largest absolute Gasteiger partial charge is 0.466 e. The van der Waals surface area contributed by atoms with Gasteiger partial charge >= 0.3 is 5.97 Å². The molecule has 1 saturated heterocycles. The van der Waals surface area contributed by atoms with Crippen LogP contribution in [-0.2, 0) is 18.8 Å². The fourth-order valence-corrected chi connectivity index (χ4v) is 7.66. The van der Waals surface area contributed by atoms with E-state index in [-0.39, 0.29) is 45.9 Å². The molecule has 5 nitrogen and oxygen atoms in total. The van der Waals surface area contributed by atoms with E-state index in [1.807, 2.05) is 20.8 Å². The second-order valence-electron chi connectivity index (χ2n) is 11.7. The molecule has 0 radical (unpaired) electrons. The molecule has 0 N–H and O–H groups in total. The molecule has 170 valence electrons. The van der Waals surface area contributed by atoms with E-state index in [1.165, 1.54) is 0 Å². The molecule has 0 saturated carbocycles. The van der Waals surface area contributed by atoms with Crippen molar-refractivity contribution < 1.29 is 18.8 Å². The fourth-order valence-electron chi connectivity index (χ4n) is 3.68. The Bertz CT molecular complexity index is 619. The molecule has 0 aromatic heterocycles. The average Bonchev–Trinajstić information content (AvgIpc) is 2.48. The second-order valence-corrected chi connectivity index (χ2v) is 21.5. The maximum absolute atomic E-state index is 13.5. The highest BCUT2D eigenvalue weighted by Gasteiger charge is 2.61. The molecule has 0 spiro atoms. The van der Waals surface area contributed by atoms with Gasteiger partial charge in [0.25, 0.3) is 0 Å². The molecule has 1 aliphatic heterocycles. The number of nitrogens with zero attached hydrogens (tertiary/aromatic N) is 1. The van der Waals surface area contributed by atoms with Crippen LogP contribution in [0.5, 0.6) is 0 Å². The second kappa shape index (κ2) is 8.46. The summed E-state index contributed by atoms with van der Waals surface area (Å²) in [6.45, 7) is 28.2. The van der Waals surface area contributed by atoms with Gasteiger partial charge in [0.15, 0.2) is 16.6 Å². The van der Waals surface area contributed by atoms with Gasteiger partial charge in [0, 0.05) is 0 Å². The summed E-state index contributed by atoms with van der Waals surface area (Å²) in [6, 6.07) is -0.165. The molecule has 4 atom stereocenters. The van der Waals surface area contributed by atoms with Crippen LogP contribution in [0.2, 0.25) is 36.3 Å². The maximum Gasteiger partial charge on any atom is 0.310 e. The molecule has 1 fully saturated rings. The number of carbonyl (C=O) groups excluding carboxylic acids is 2. The van der Waals surface area contributed by atoms with Crippen molar-refractivity contribution in [3.8, 4) is 0 Å². The minimum atomic E-state index is -2.13. The van der Waals surface area contributed by atoms with Crippen LogP contribution in [0.4, 0.5) is 0 Å². The van der Waals surface area contributed by atoms with Crippen molar-refractivity contribution in [1.82, 2.24) is 4.57 Å². The van der Waals surface area contributed by atoms with Crippen LogP contribution in [0, 0.1) is 11.8 Å². The lowest BCUT2D eigenvalue weighted by atomic mass is 9.79. The zero-order chi connectivity index (χ0) is 23.2. The molecule has 29 heavy (non-hydrogen) atoms. The summed E-state index contributed by atoms with van der Waals surface area (Å²) in [7, 11) is -4.16. The van der Waals surface area contributed by atoms with Crippen molar-refractivity contribution in [1.29, 1.82) is 0 Å². The summed E-state index contributed by atoms with van der Waals surface area (Å²) in [6.07, 6.45) is -0.216. The number of hydrogen-bond acceptors (Lipinski definition) is 4. The molecule has 1 aliphatic rings. The lowest BCUT2D eigenvalue weighted by molar-refractivity contribution is -0.165. The van der Waals surface area contributed by atoms with Gasteiger partial charge in [-0.1, -0.05) is 54.6 Å². The third-order valence-electron chi connectivity index (χ3n) is 7.59. The number of ether oxygens (including phenoxy) is 1. The van der Waals surface area contributed by atoms with Gasteiger partial charge in [-0.15, -0.1) is 0 Å². The Morgan fingerprint density at radius 3 is 1.90 bits per heavy atom. The number of amides is 1. The molecular weight excluding hydrogens is 398 g/mol. The van der Waals surface area contributed by atoms with Crippen molar-refractivity contribution in [2.24, 2.45) is 11.8 Å². The lowest BCUT2D eigenvalue weighted by Crippen LogP contribution is -2.77.